The third kappa shape index (κ3) is 3.71. The third-order valence-electron chi connectivity index (χ3n) is 3.35. The van der Waals surface area contributed by atoms with Crippen molar-refractivity contribution in [1.29, 1.82) is 0 Å². The van der Waals surface area contributed by atoms with Crippen LogP contribution in [-0.2, 0) is 30.3 Å². The van der Waals surface area contributed by atoms with Crippen molar-refractivity contribution in [3.8, 4) is 0 Å². The smallest absolute Gasteiger partial charge is 0.303 e. The summed E-state index contributed by atoms with van der Waals surface area (Å²) in [5.41, 5.74) is 1.55. The molecule has 1 aromatic rings. The van der Waals surface area contributed by atoms with E-state index in [0.717, 1.165) is 16.9 Å². The first kappa shape index (κ1) is 16.2. The topological polar surface area (TPSA) is 72.9 Å². The highest BCUT2D eigenvalue weighted by Crippen LogP contribution is 2.25. The number of ether oxygens (including phenoxy) is 2. The molecular formula is C16H19NO5. The first-order valence-electron chi connectivity index (χ1n) is 7.23. The quantitative estimate of drug-likeness (QED) is 0.452. The maximum atomic E-state index is 12.2. The second-order valence-corrected chi connectivity index (χ2v) is 4.98. The monoisotopic (exact) mass is 305 g/mol. The van der Waals surface area contributed by atoms with E-state index in [1.54, 1.807) is 12.1 Å². The van der Waals surface area contributed by atoms with Crippen LogP contribution in [0, 0.1) is 0 Å². The molecule has 0 saturated carbocycles. The normalized spacial score (nSPS) is 17.9. The lowest BCUT2D eigenvalue weighted by Gasteiger charge is -2.15. The molecule has 0 aliphatic carbocycles. The van der Waals surface area contributed by atoms with Crippen LogP contribution in [-0.4, -0.2) is 37.1 Å². The molecule has 1 aromatic carbocycles. The molecule has 1 heterocycles. The Morgan fingerprint density at radius 1 is 1.27 bits per heavy atom. The van der Waals surface area contributed by atoms with E-state index in [1.807, 2.05) is 19.1 Å². The average molecular weight is 305 g/mol. The molecule has 0 unspecified atom stereocenters. The van der Waals surface area contributed by atoms with Crippen LogP contribution in [0.5, 0.6) is 0 Å². The molecule has 2 amide bonds. The van der Waals surface area contributed by atoms with Crippen LogP contribution in [0.15, 0.2) is 24.3 Å². The summed E-state index contributed by atoms with van der Waals surface area (Å²) in [5, 5.41) is 0. The molecule has 0 spiro atoms. The molecule has 1 fully saturated rings. The van der Waals surface area contributed by atoms with Crippen molar-refractivity contribution in [3.05, 3.63) is 29.8 Å². The molecule has 0 aromatic heterocycles. The average Bonchev–Trinajstić information content (AvgIpc) is 2.74. The highest BCUT2D eigenvalue weighted by atomic mass is 16.5. The second-order valence-electron chi connectivity index (χ2n) is 4.98. The van der Waals surface area contributed by atoms with Crippen LogP contribution in [0.2, 0.25) is 0 Å². The molecule has 0 N–H and O–H groups in total. The lowest BCUT2D eigenvalue weighted by Crippen LogP contribution is -2.33. The molecule has 0 bridgehead atoms. The minimum atomic E-state index is -1.01. The summed E-state index contributed by atoms with van der Waals surface area (Å²) in [6.45, 7) is 4.46. The van der Waals surface area contributed by atoms with Gasteiger partial charge in [0.15, 0.2) is 6.10 Å². The van der Waals surface area contributed by atoms with Crippen LogP contribution in [0.25, 0.3) is 0 Å². The predicted molar refractivity (Wildman–Crippen MR) is 79.3 cm³/mol. The molecule has 6 heteroatoms. The molecule has 2 rings (SSSR count). The molecule has 1 aliphatic rings. The van der Waals surface area contributed by atoms with Gasteiger partial charge in [0, 0.05) is 13.5 Å². The van der Waals surface area contributed by atoms with Gasteiger partial charge in [-0.1, -0.05) is 12.1 Å². The van der Waals surface area contributed by atoms with E-state index in [0.29, 0.717) is 18.9 Å². The highest BCUT2D eigenvalue weighted by molar-refractivity contribution is 6.22. The summed E-state index contributed by atoms with van der Waals surface area (Å²) in [5.74, 6) is -1.43. The number of imide groups is 1. The zero-order chi connectivity index (χ0) is 16.1. The Hall–Kier alpha value is -2.21. The number of carbonyl (C=O) groups is 3. The maximum absolute atomic E-state index is 12.2. The largest absolute Gasteiger partial charge is 0.452 e. The number of rotatable bonds is 6. The van der Waals surface area contributed by atoms with Gasteiger partial charge >= 0.3 is 5.97 Å². The molecule has 6 nitrogen and oxygen atoms in total. The minimum Gasteiger partial charge on any atom is -0.452 e. The van der Waals surface area contributed by atoms with Crippen molar-refractivity contribution in [2.75, 3.05) is 18.1 Å². The summed E-state index contributed by atoms with van der Waals surface area (Å²) in [4.78, 5) is 36.1. The third-order valence-corrected chi connectivity index (χ3v) is 3.35. The number of amides is 2. The van der Waals surface area contributed by atoms with E-state index in [9.17, 15) is 14.4 Å². The van der Waals surface area contributed by atoms with Gasteiger partial charge in [0.1, 0.15) is 0 Å². The van der Waals surface area contributed by atoms with Crippen molar-refractivity contribution in [1.82, 2.24) is 0 Å². The van der Waals surface area contributed by atoms with Crippen molar-refractivity contribution in [2.24, 2.45) is 0 Å². The van der Waals surface area contributed by atoms with Crippen LogP contribution in [0.1, 0.15) is 25.8 Å². The highest BCUT2D eigenvalue weighted by Gasteiger charge is 2.41. The zero-order valence-corrected chi connectivity index (χ0v) is 12.7. The van der Waals surface area contributed by atoms with Crippen LogP contribution in [0.4, 0.5) is 5.69 Å². The maximum Gasteiger partial charge on any atom is 0.303 e. The molecular weight excluding hydrogens is 286 g/mol. The van der Waals surface area contributed by atoms with Gasteiger partial charge in [-0.15, -0.1) is 0 Å². The van der Waals surface area contributed by atoms with Gasteiger partial charge in [-0.2, -0.15) is 0 Å². The van der Waals surface area contributed by atoms with E-state index >= 15 is 0 Å². The van der Waals surface area contributed by atoms with E-state index in [2.05, 4.69) is 0 Å². The first-order chi connectivity index (χ1) is 10.5. The van der Waals surface area contributed by atoms with Crippen molar-refractivity contribution in [3.63, 3.8) is 0 Å². The number of hydrogen-bond donors (Lipinski definition) is 0. The Kier molecular flexibility index (Phi) is 5.27. The fourth-order valence-electron chi connectivity index (χ4n) is 2.31. The van der Waals surface area contributed by atoms with Gasteiger partial charge in [0.25, 0.3) is 5.91 Å². The van der Waals surface area contributed by atoms with Crippen molar-refractivity contribution >= 4 is 23.5 Å². The SMILES string of the molecule is CCOCCc1ccc(N2C(=O)C[C@@H](OC(C)=O)C2=O)cc1. The summed E-state index contributed by atoms with van der Waals surface area (Å²) in [6, 6.07) is 7.14. The van der Waals surface area contributed by atoms with Gasteiger partial charge < -0.3 is 9.47 Å². The summed E-state index contributed by atoms with van der Waals surface area (Å²) in [6.07, 6.45) is -0.348. The Bertz CT molecular complexity index is 566. The number of benzene rings is 1. The lowest BCUT2D eigenvalue weighted by atomic mass is 10.1. The van der Waals surface area contributed by atoms with Crippen molar-refractivity contribution in [2.45, 2.75) is 32.8 Å². The van der Waals surface area contributed by atoms with Crippen LogP contribution < -0.4 is 4.90 Å². The summed E-state index contributed by atoms with van der Waals surface area (Å²) < 4.78 is 10.2. The Morgan fingerprint density at radius 2 is 1.95 bits per heavy atom. The van der Waals surface area contributed by atoms with Gasteiger partial charge in [-0.25, -0.2) is 4.90 Å². The molecule has 0 radical (unpaired) electrons. The van der Waals surface area contributed by atoms with E-state index in [-0.39, 0.29) is 12.3 Å². The Balaban J connectivity index is 2.06. The number of carbonyl (C=O) groups excluding carboxylic acids is 3. The standard InChI is InChI=1S/C16H19NO5/c1-3-21-9-8-12-4-6-13(7-5-12)17-15(19)10-14(16(17)20)22-11(2)18/h4-7,14H,3,8-10H2,1-2H3/t14-/m1/s1. The molecule has 22 heavy (non-hydrogen) atoms. The number of esters is 1. The Morgan fingerprint density at radius 3 is 2.55 bits per heavy atom. The predicted octanol–water partition coefficient (Wildman–Crippen LogP) is 1.46. The zero-order valence-electron chi connectivity index (χ0n) is 12.7. The van der Waals surface area contributed by atoms with Gasteiger partial charge in [0.2, 0.25) is 5.91 Å². The van der Waals surface area contributed by atoms with Crippen molar-refractivity contribution < 1.29 is 23.9 Å². The fraction of sp³-hybridized carbons (Fsp3) is 0.438. The molecule has 1 atom stereocenters. The second kappa shape index (κ2) is 7.17. The molecule has 118 valence electrons. The number of nitrogens with zero attached hydrogens (tertiary/aromatic N) is 1. The van der Waals surface area contributed by atoms with Crippen LogP contribution in [0.3, 0.4) is 0 Å². The van der Waals surface area contributed by atoms with E-state index in [4.69, 9.17) is 9.47 Å². The minimum absolute atomic E-state index is 0.107. The summed E-state index contributed by atoms with van der Waals surface area (Å²) >= 11 is 0. The first-order valence-corrected chi connectivity index (χ1v) is 7.23. The van der Waals surface area contributed by atoms with E-state index in [1.165, 1.54) is 6.92 Å². The summed E-state index contributed by atoms with van der Waals surface area (Å²) in [7, 11) is 0. The fourth-order valence-corrected chi connectivity index (χ4v) is 2.31. The molecule has 1 aliphatic heterocycles. The van der Waals surface area contributed by atoms with Gasteiger partial charge in [-0.3, -0.25) is 14.4 Å². The number of hydrogen-bond acceptors (Lipinski definition) is 5. The lowest BCUT2D eigenvalue weighted by molar-refractivity contribution is -0.151. The van der Waals surface area contributed by atoms with Gasteiger partial charge in [-0.05, 0) is 31.0 Å². The molecule has 1 saturated heterocycles. The number of anilines is 1. The van der Waals surface area contributed by atoms with Gasteiger partial charge in [0.05, 0.1) is 18.7 Å². The van der Waals surface area contributed by atoms with Crippen LogP contribution >= 0.6 is 0 Å². The van der Waals surface area contributed by atoms with E-state index < -0.39 is 18.0 Å². The Labute approximate surface area is 129 Å².